The summed E-state index contributed by atoms with van der Waals surface area (Å²) < 4.78 is 6.94. The number of aryl methyl sites for hydroxylation is 1. The highest BCUT2D eigenvalue weighted by molar-refractivity contribution is 6.06. The number of anilines is 1. The van der Waals surface area contributed by atoms with E-state index in [1.807, 2.05) is 18.2 Å². The van der Waals surface area contributed by atoms with Crippen LogP contribution in [0.5, 0.6) is 5.75 Å². The van der Waals surface area contributed by atoms with Gasteiger partial charge in [0.05, 0.1) is 18.0 Å². The van der Waals surface area contributed by atoms with Crippen molar-refractivity contribution in [2.24, 2.45) is 0 Å². The van der Waals surface area contributed by atoms with Gasteiger partial charge >= 0.3 is 0 Å². The molecule has 7 heteroatoms. The highest BCUT2D eigenvalue weighted by Gasteiger charge is 2.17. The number of carbonyl (C=O) groups is 1. The lowest BCUT2D eigenvalue weighted by Crippen LogP contribution is -2.21. The normalized spacial score (nSPS) is 13.0. The molecule has 7 nitrogen and oxygen atoms in total. The molecule has 2 aromatic carbocycles. The lowest BCUT2D eigenvalue weighted by atomic mass is 10.2. The van der Waals surface area contributed by atoms with Crippen LogP contribution in [0, 0.1) is 0 Å². The van der Waals surface area contributed by atoms with Gasteiger partial charge in [-0.2, -0.15) is 0 Å². The molecule has 0 aliphatic carbocycles. The van der Waals surface area contributed by atoms with Crippen molar-refractivity contribution in [1.29, 1.82) is 0 Å². The van der Waals surface area contributed by atoms with E-state index >= 15 is 0 Å². The van der Waals surface area contributed by atoms with Gasteiger partial charge in [0.15, 0.2) is 0 Å². The largest absolute Gasteiger partial charge is 0.497 e. The van der Waals surface area contributed by atoms with E-state index in [9.17, 15) is 9.59 Å². The fourth-order valence-electron chi connectivity index (χ4n) is 3.72. The van der Waals surface area contributed by atoms with E-state index in [4.69, 9.17) is 4.74 Å². The molecule has 0 bridgehead atoms. The fourth-order valence-corrected chi connectivity index (χ4v) is 3.72. The second-order valence-corrected chi connectivity index (χ2v) is 6.91. The molecule has 0 saturated heterocycles. The van der Waals surface area contributed by atoms with Crippen molar-refractivity contribution in [3.63, 3.8) is 0 Å². The summed E-state index contributed by atoms with van der Waals surface area (Å²) >= 11 is 0. The Morgan fingerprint density at radius 2 is 2.11 bits per heavy atom. The predicted octanol–water partition coefficient (Wildman–Crippen LogP) is 3.08. The van der Waals surface area contributed by atoms with Crippen LogP contribution in [-0.4, -0.2) is 27.6 Å². The lowest BCUT2D eigenvalue weighted by Gasteiger charge is -2.08. The first kappa shape index (κ1) is 16.6. The van der Waals surface area contributed by atoms with Gasteiger partial charge in [-0.05, 0) is 48.9 Å². The van der Waals surface area contributed by atoms with Crippen LogP contribution in [-0.2, 0) is 13.0 Å². The standard InChI is InChI=1S/C21H18N4O3/c1-28-14-5-7-16-12(9-14)10-18(23-16)20(26)22-13-4-6-17-15(11-13)21(27)25-8-2-3-19(25)24-17/h4-7,9-11,23H,2-3,8H2,1H3,(H,22,26). The Labute approximate surface area is 160 Å². The minimum atomic E-state index is -0.274. The van der Waals surface area contributed by atoms with Crippen LogP contribution in [0.4, 0.5) is 5.69 Å². The Morgan fingerprint density at radius 1 is 1.21 bits per heavy atom. The fraction of sp³-hybridized carbons (Fsp3) is 0.190. The third kappa shape index (κ3) is 2.63. The van der Waals surface area contributed by atoms with Gasteiger partial charge in [-0.15, -0.1) is 0 Å². The Balaban J connectivity index is 1.48. The molecule has 0 unspecified atom stereocenters. The van der Waals surface area contributed by atoms with Crippen LogP contribution in [0.1, 0.15) is 22.7 Å². The Kier molecular flexibility index (Phi) is 3.68. The number of hydrogen-bond acceptors (Lipinski definition) is 4. The Morgan fingerprint density at radius 3 is 2.96 bits per heavy atom. The number of benzene rings is 2. The number of methoxy groups -OCH3 is 1. The average Bonchev–Trinajstić information content (AvgIpc) is 3.34. The van der Waals surface area contributed by atoms with Gasteiger partial charge in [0.25, 0.3) is 11.5 Å². The summed E-state index contributed by atoms with van der Waals surface area (Å²) in [6, 6.07) is 12.6. The molecule has 5 rings (SSSR count). The smallest absolute Gasteiger partial charge is 0.272 e. The molecule has 0 spiro atoms. The third-order valence-corrected chi connectivity index (χ3v) is 5.15. The Bertz CT molecular complexity index is 1300. The van der Waals surface area contributed by atoms with Crippen LogP contribution in [0.3, 0.4) is 0 Å². The van der Waals surface area contributed by atoms with Crippen molar-refractivity contribution in [3.8, 4) is 5.75 Å². The summed E-state index contributed by atoms with van der Waals surface area (Å²) in [5.41, 5.74) is 2.46. The molecule has 0 fully saturated rings. The van der Waals surface area contributed by atoms with E-state index in [-0.39, 0.29) is 11.5 Å². The van der Waals surface area contributed by atoms with E-state index in [1.54, 1.807) is 35.9 Å². The van der Waals surface area contributed by atoms with Gasteiger partial charge in [-0.3, -0.25) is 14.2 Å². The molecular weight excluding hydrogens is 356 g/mol. The first-order chi connectivity index (χ1) is 13.6. The highest BCUT2D eigenvalue weighted by atomic mass is 16.5. The van der Waals surface area contributed by atoms with E-state index < -0.39 is 0 Å². The minimum Gasteiger partial charge on any atom is -0.497 e. The van der Waals surface area contributed by atoms with Crippen LogP contribution >= 0.6 is 0 Å². The van der Waals surface area contributed by atoms with Crippen molar-refractivity contribution in [2.45, 2.75) is 19.4 Å². The third-order valence-electron chi connectivity index (χ3n) is 5.15. The summed E-state index contributed by atoms with van der Waals surface area (Å²) in [6.45, 7) is 0.701. The van der Waals surface area contributed by atoms with Gasteiger partial charge in [0, 0.05) is 29.6 Å². The zero-order valence-corrected chi connectivity index (χ0v) is 15.3. The monoisotopic (exact) mass is 374 g/mol. The lowest BCUT2D eigenvalue weighted by molar-refractivity contribution is 0.102. The maximum Gasteiger partial charge on any atom is 0.272 e. The quantitative estimate of drug-likeness (QED) is 0.577. The summed E-state index contributed by atoms with van der Waals surface area (Å²) in [6.07, 6.45) is 1.77. The number of amides is 1. The first-order valence-corrected chi connectivity index (χ1v) is 9.14. The number of hydrogen-bond donors (Lipinski definition) is 2. The minimum absolute atomic E-state index is 0.0497. The number of ether oxygens (including phenoxy) is 1. The number of aromatic nitrogens is 3. The van der Waals surface area contributed by atoms with Gasteiger partial charge in [0.1, 0.15) is 17.3 Å². The van der Waals surface area contributed by atoms with Crippen LogP contribution in [0.2, 0.25) is 0 Å². The number of nitrogens with zero attached hydrogens (tertiary/aromatic N) is 2. The van der Waals surface area contributed by atoms with E-state index in [2.05, 4.69) is 15.3 Å². The number of carbonyl (C=O) groups excluding carboxylic acids is 1. The topological polar surface area (TPSA) is 89.0 Å². The van der Waals surface area contributed by atoms with E-state index in [0.717, 1.165) is 35.3 Å². The number of rotatable bonds is 3. The maximum atomic E-state index is 12.7. The Hall–Kier alpha value is -3.61. The van der Waals surface area contributed by atoms with Crippen molar-refractivity contribution in [1.82, 2.24) is 14.5 Å². The second-order valence-electron chi connectivity index (χ2n) is 6.91. The molecule has 1 aliphatic heterocycles. The first-order valence-electron chi connectivity index (χ1n) is 9.14. The predicted molar refractivity (Wildman–Crippen MR) is 107 cm³/mol. The van der Waals surface area contributed by atoms with Gasteiger partial charge in [-0.1, -0.05) is 0 Å². The molecule has 3 heterocycles. The van der Waals surface area contributed by atoms with Crippen molar-refractivity contribution in [2.75, 3.05) is 12.4 Å². The number of fused-ring (bicyclic) bond motifs is 3. The van der Waals surface area contributed by atoms with Gasteiger partial charge in [0.2, 0.25) is 0 Å². The molecule has 0 radical (unpaired) electrons. The number of nitrogens with one attached hydrogen (secondary N) is 2. The van der Waals surface area contributed by atoms with E-state index in [1.165, 1.54) is 0 Å². The van der Waals surface area contributed by atoms with Crippen LogP contribution < -0.4 is 15.6 Å². The van der Waals surface area contributed by atoms with Crippen LogP contribution in [0.15, 0.2) is 47.3 Å². The summed E-state index contributed by atoms with van der Waals surface area (Å²) in [5.74, 6) is 1.29. The molecule has 0 atom stereocenters. The molecule has 4 aromatic rings. The number of H-pyrrole nitrogens is 1. The molecule has 2 aromatic heterocycles. The molecule has 1 amide bonds. The van der Waals surface area contributed by atoms with Crippen molar-refractivity contribution >= 4 is 33.4 Å². The van der Waals surface area contributed by atoms with Crippen LogP contribution in [0.25, 0.3) is 21.8 Å². The zero-order chi connectivity index (χ0) is 19.3. The van der Waals surface area contributed by atoms with Crippen molar-refractivity contribution < 1.29 is 9.53 Å². The van der Waals surface area contributed by atoms with Gasteiger partial charge < -0.3 is 15.0 Å². The van der Waals surface area contributed by atoms with Gasteiger partial charge in [-0.25, -0.2) is 4.98 Å². The summed E-state index contributed by atoms with van der Waals surface area (Å²) in [4.78, 5) is 33.0. The molecule has 140 valence electrons. The summed E-state index contributed by atoms with van der Waals surface area (Å²) in [7, 11) is 1.61. The molecule has 0 saturated carbocycles. The molecule has 1 aliphatic rings. The SMILES string of the molecule is COc1ccc2[nH]c(C(=O)Nc3ccc4nc5n(c(=O)c4c3)CCC5)cc2c1. The van der Waals surface area contributed by atoms with Crippen molar-refractivity contribution in [3.05, 3.63) is 64.3 Å². The number of aromatic amines is 1. The highest BCUT2D eigenvalue weighted by Crippen LogP contribution is 2.23. The molecule has 28 heavy (non-hydrogen) atoms. The second kappa shape index (κ2) is 6.23. The average molecular weight is 374 g/mol. The maximum absolute atomic E-state index is 12.7. The summed E-state index contributed by atoms with van der Waals surface area (Å²) in [5, 5.41) is 4.27. The zero-order valence-electron chi connectivity index (χ0n) is 15.3. The molecular formula is C21H18N4O3. The molecule has 2 N–H and O–H groups in total. The van der Waals surface area contributed by atoms with E-state index in [0.29, 0.717) is 28.8 Å².